The largest absolute Gasteiger partial charge is 0.496 e. The van der Waals surface area contributed by atoms with Crippen molar-refractivity contribution in [2.45, 2.75) is 6.43 Å². The number of halogens is 3. The van der Waals surface area contributed by atoms with Gasteiger partial charge in [0.2, 0.25) is 0 Å². The van der Waals surface area contributed by atoms with Gasteiger partial charge in [0.25, 0.3) is 6.43 Å². The molecule has 6 heteroatoms. The van der Waals surface area contributed by atoms with E-state index in [1.165, 1.54) is 14.2 Å². The number of aromatic nitrogens is 1. The quantitative estimate of drug-likeness (QED) is 0.851. The van der Waals surface area contributed by atoms with E-state index in [1.54, 1.807) is 12.1 Å². The van der Waals surface area contributed by atoms with Crippen molar-refractivity contribution in [3.8, 4) is 11.5 Å². The first kappa shape index (κ1) is 12.8. The van der Waals surface area contributed by atoms with Crippen molar-refractivity contribution in [2.24, 2.45) is 0 Å². The summed E-state index contributed by atoms with van der Waals surface area (Å²) in [5.74, 6) is 0.833. The minimum Gasteiger partial charge on any atom is -0.496 e. The first-order chi connectivity index (χ1) is 8.58. The van der Waals surface area contributed by atoms with Gasteiger partial charge >= 0.3 is 0 Å². The van der Waals surface area contributed by atoms with E-state index < -0.39 is 6.43 Å². The first-order valence-electron chi connectivity index (χ1n) is 5.07. The summed E-state index contributed by atoms with van der Waals surface area (Å²) in [6.07, 6.45) is -2.69. The lowest BCUT2D eigenvalue weighted by atomic mass is 10.1. The summed E-state index contributed by atoms with van der Waals surface area (Å²) in [4.78, 5) is 3.88. The van der Waals surface area contributed by atoms with Crippen LogP contribution in [0.2, 0.25) is 5.02 Å². The Morgan fingerprint density at radius 1 is 1.17 bits per heavy atom. The average Bonchev–Trinajstić information content (AvgIpc) is 2.37. The second kappa shape index (κ2) is 4.94. The molecule has 0 N–H and O–H groups in total. The van der Waals surface area contributed by atoms with Gasteiger partial charge in [0.05, 0.1) is 24.6 Å². The van der Waals surface area contributed by atoms with E-state index in [1.807, 2.05) is 0 Å². The van der Waals surface area contributed by atoms with Gasteiger partial charge in [0.15, 0.2) is 0 Å². The lowest BCUT2D eigenvalue weighted by Crippen LogP contribution is -1.96. The van der Waals surface area contributed by atoms with Gasteiger partial charge in [-0.15, -0.1) is 0 Å². The standard InChI is InChI=1S/C12H10ClF2NO2/c1-17-8-3-4-9(18-2)11-10(8)6(13)5-7(16-11)12(14)15/h3-5,12H,1-2H3. The van der Waals surface area contributed by atoms with Crippen molar-refractivity contribution in [2.75, 3.05) is 14.2 Å². The summed E-state index contributed by atoms with van der Waals surface area (Å²) in [6, 6.07) is 4.38. The van der Waals surface area contributed by atoms with Gasteiger partial charge in [-0.3, -0.25) is 0 Å². The van der Waals surface area contributed by atoms with Gasteiger partial charge in [-0.1, -0.05) is 11.6 Å². The molecule has 0 saturated heterocycles. The summed E-state index contributed by atoms with van der Waals surface area (Å²) >= 11 is 6.01. The molecular formula is C12H10ClF2NO2. The molecule has 0 unspecified atom stereocenters. The molecule has 0 aliphatic heterocycles. The molecule has 2 aromatic rings. The highest BCUT2D eigenvalue weighted by Gasteiger charge is 2.17. The third kappa shape index (κ3) is 2.06. The molecule has 96 valence electrons. The topological polar surface area (TPSA) is 31.4 Å². The van der Waals surface area contributed by atoms with Crippen LogP contribution in [0.4, 0.5) is 8.78 Å². The van der Waals surface area contributed by atoms with E-state index in [-0.39, 0.29) is 16.2 Å². The predicted molar refractivity (Wildman–Crippen MR) is 64.8 cm³/mol. The monoisotopic (exact) mass is 273 g/mol. The molecule has 1 heterocycles. The molecular weight excluding hydrogens is 264 g/mol. The molecule has 0 amide bonds. The number of methoxy groups -OCH3 is 2. The van der Waals surface area contributed by atoms with E-state index >= 15 is 0 Å². The second-order valence-corrected chi connectivity index (χ2v) is 3.93. The van der Waals surface area contributed by atoms with Crippen molar-refractivity contribution < 1.29 is 18.3 Å². The fourth-order valence-electron chi connectivity index (χ4n) is 1.71. The number of nitrogens with zero attached hydrogens (tertiary/aromatic N) is 1. The average molecular weight is 274 g/mol. The summed E-state index contributed by atoms with van der Waals surface area (Å²) < 4.78 is 35.6. The van der Waals surface area contributed by atoms with E-state index in [2.05, 4.69) is 4.98 Å². The van der Waals surface area contributed by atoms with Gasteiger partial charge in [-0.25, -0.2) is 13.8 Å². The summed E-state index contributed by atoms with van der Waals surface area (Å²) in [6.45, 7) is 0. The Morgan fingerprint density at radius 3 is 2.33 bits per heavy atom. The summed E-state index contributed by atoms with van der Waals surface area (Å²) in [7, 11) is 2.91. The Bertz CT molecular complexity index is 590. The van der Waals surface area contributed by atoms with E-state index in [0.717, 1.165) is 6.07 Å². The molecule has 0 fully saturated rings. The van der Waals surface area contributed by atoms with Crippen LogP contribution >= 0.6 is 11.6 Å². The molecule has 0 saturated carbocycles. The maximum absolute atomic E-state index is 12.7. The van der Waals surface area contributed by atoms with Crippen LogP contribution in [0.15, 0.2) is 18.2 Å². The van der Waals surface area contributed by atoms with Crippen LogP contribution in [0.3, 0.4) is 0 Å². The third-order valence-corrected chi connectivity index (χ3v) is 2.82. The third-order valence-electron chi connectivity index (χ3n) is 2.52. The molecule has 2 rings (SSSR count). The Morgan fingerprint density at radius 2 is 1.78 bits per heavy atom. The van der Waals surface area contributed by atoms with Crippen LogP contribution in [-0.4, -0.2) is 19.2 Å². The number of hydrogen-bond acceptors (Lipinski definition) is 3. The lowest BCUT2D eigenvalue weighted by molar-refractivity contribution is 0.146. The van der Waals surface area contributed by atoms with E-state index in [0.29, 0.717) is 16.9 Å². The van der Waals surface area contributed by atoms with Crippen LogP contribution < -0.4 is 9.47 Å². The van der Waals surface area contributed by atoms with Crippen LogP contribution in [0.1, 0.15) is 12.1 Å². The van der Waals surface area contributed by atoms with Gasteiger partial charge in [-0.05, 0) is 18.2 Å². The molecule has 0 radical (unpaired) electrons. The summed E-state index contributed by atoms with van der Waals surface area (Å²) in [5.41, 5.74) is -0.126. The zero-order valence-electron chi connectivity index (χ0n) is 9.71. The van der Waals surface area contributed by atoms with Crippen LogP contribution in [0.5, 0.6) is 11.5 Å². The number of fused-ring (bicyclic) bond motifs is 1. The van der Waals surface area contributed by atoms with Gasteiger partial charge < -0.3 is 9.47 Å². The fraction of sp³-hybridized carbons (Fsp3) is 0.250. The van der Waals surface area contributed by atoms with Gasteiger partial charge in [0.1, 0.15) is 22.7 Å². The predicted octanol–water partition coefficient (Wildman–Crippen LogP) is 3.84. The zero-order valence-corrected chi connectivity index (χ0v) is 10.5. The highest BCUT2D eigenvalue weighted by Crippen LogP contribution is 2.38. The molecule has 3 nitrogen and oxygen atoms in total. The van der Waals surface area contributed by atoms with E-state index in [9.17, 15) is 8.78 Å². The molecule has 0 spiro atoms. The summed E-state index contributed by atoms with van der Waals surface area (Å²) in [5, 5.41) is 0.619. The Hall–Kier alpha value is -1.62. The zero-order chi connectivity index (χ0) is 13.3. The maximum Gasteiger partial charge on any atom is 0.280 e. The fourth-order valence-corrected chi connectivity index (χ4v) is 2.00. The molecule has 0 atom stereocenters. The second-order valence-electron chi connectivity index (χ2n) is 3.52. The lowest BCUT2D eigenvalue weighted by Gasteiger charge is -2.11. The van der Waals surface area contributed by atoms with Crippen molar-refractivity contribution in [3.63, 3.8) is 0 Å². The molecule has 0 aliphatic carbocycles. The Balaban J connectivity index is 2.84. The van der Waals surface area contributed by atoms with Crippen molar-refractivity contribution >= 4 is 22.5 Å². The molecule has 1 aromatic carbocycles. The van der Waals surface area contributed by atoms with E-state index in [4.69, 9.17) is 21.1 Å². The molecule has 1 aromatic heterocycles. The maximum atomic E-state index is 12.7. The van der Waals surface area contributed by atoms with Crippen LogP contribution in [0.25, 0.3) is 10.9 Å². The Kier molecular flexibility index (Phi) is 3.52. The van der Waals surface area contributed by atoms with Crippen molar-refractivity contribution in [3.05, 3.63) is 28.9 Å². The number of hydrogen-bond donors (Lipinski definition) is 0. The van der Waals surface area contributed by atoms with Crippen molar-refractivity contribution in [1.29, 1.82) is 0 Å². The number of ether oxygens (including phenoxy) is 2. The normalized spacial score (nSPS) is 11.0. The minimum absolute atomic E-state index is 0.158. The molecule has 0 aliphatic rings. The van der Waals surface area contributed by atoms with Gasteiger partial charge in [-0.2, -0.15) is 0 Å². The first-order valence-corrected chi connectivity index (χ1v) is 5.45. The SMILES string of the molecule is COc1ccc(OC)c2c(Cl)cc(C(F)F)nc12. The van der Waals surface area contributed by atoms with Crippen LogP contribution in [0, 0.1) is 0 Å². The Labute approximate surface area is 107 Å². The number of alkyl halides is 2. The van der Waals surface area contributed by atoms with Crippen LogP contribution in [-0.2, 0) is 0 Å². The highest BCUT2D eigenvalue weighted by molar-refractivity contribution is 6.36. The highest BCUT2D eigenvalue weighted by atomic mass is 35.5. The smallest absolute Gasteiger partial charge is 0.280 e. The van der Waals surface area contributed by atoms with Crippen molar-refractivity contribution in [1.82, 2.24) is 4.98 Å². The number of benzene rings is 1. The number of pyridine rings is 1. The number of rotatable bonds is 3. The molecule has 0 bridgehead atoms. The minimum atomic E-state index is -2.69. The van der Waals surface area contributed by atoms with Gasteiger partial charge in [0, 0.05) is 0 Å². The molecule has 18 heavy (non-hydrogen) atoms.